The Hall–Kier alpha value is -6.82. The summed E-state index contributed by atoms with van der Waals surface area (Å²) < 4.78 is 130. The lowest BCUT2D eigenvalue weighted by Crippen LogP contribution is -2.53. The number of likely N-dealkylation sites (tertiary alicyclic amines) is 2. The molecule has 6 rings (SSSR count). The van der Waals surface area contributed by atoms with Gasteiger partial charge >= 0.3 is 36.4 Å². The highest BCUT2D eigenvalue weighted by Gasteiger charge is 2.39. The maximum absolute atomic E-state index is 14.4. The molecule has 2 fully saturated rings. The molecule has 24 heteroatoms. The van der Waals surface area contributed by atoms with Gasteiger partial charge in [0.05, 0.1) is 25.3 Å². The number of piperidine rings is 2. The number of rotatable bonds is 14. The van der Waals surface area contributed by atoms with E-state index in [-0.39, 0.29) is 61.3 Å². The van der Waals surface area contributed by atoms with Crippen LogP contribution >= 0.6 is 0 Å². The van der Waals surface area contributed by atoms with Crippen LogP contribution < -0.4 is 20.1 Å². The number of hydrogen-bond acceptors (Lipinski definition) is 8. The smallest absolute Gasteiger partial charge is 0.490 e. The maximum atomic E-state index is 14.4. The summed E-state index contributed by atoms with van der Waals surface area (Å²) in [5.41, 5.74) is 2.50. The molecule has 4 N–H and O–H groups in total. The first-order valence-electron chi connectivity index (χ1n) is 24.8. The Labute approximate surface area is 447 Å². The quantitative estimate of drug-likeness (QED) is 0.0894. The van der Waals surface area contributed by atoms with E-state index in [0.29, 0.717) is 24.2 Å². The van der Waals surface area contributed by atoms with Crippen molar-refractivity contribution in [3.8, 4) is 11.5 Å². The molecular weight excluding hydrogens is 1050 g/mol. The Morgan fingerprint density at radius 1 is 0.577 bits per heavy atom. The highest BCUT2D eigenvalue weighted by Crippen LogP contribution is 2.27. The standard InChI is InChI=1S/2C25H33F2N3O2.2C2HF3O2/c2*1-17(2)32-22-9-5-19(6-10-22)14-28-25(31)30(24-11-12-29(4)15-18(24)3)16-20-7-8-21(26)13-23(20)27;2*3-2(4,5)1(6)7/h2*5-10,13,17-18,24H,11-12,14-16H2,1-4H3,(H,28,31);2*(H,6,7)/t2*18-,24+;;/m10../s1. The number of carbonyl (C=O) groups excluding carboxylic acids is 2. The molecule has 0 spiro atoms. The van der Waals surface area contributed by atoms with Crippen LogP contribution in [0.1, 0.15) is 76.6 Å². The normalized spacial score (nSPS) is 17.7. The molecular formula is C54H68F10N6O8. The minimum Gasteiger partial charge on any atom is -0.491 e. The maximum Gasteiger partial charge on any atom is 0.490 e. The van der Waals surface area contributed by atoms with E-state index in [1.54, 1.807) is 9.80 Å². The van der Waals surface area contributed by atoms with Crippen molar-refractivity contribution in [1.82, 2.24) is 30.2 Å². The number of hydrogen-bond donors (Lipinski definition) is 4. The highest BCUT2D eigenvalue weighted by molar-refractivity contribution is 5.75. The number of carbonyl (C=O) groups is 4. The van der Waals surface area contributed by atoms with Gasteiger partial charge in [-0.2, -0.15) is 26.3 Å². The number of amides is 4. The number of carboxylic acid groups (broad SMARTS) is 2. The first-order valence-corrected chi connectivity index (χ1v) is 24.8. The summed E-state index contributed by atoms with van der Waals surface area (Å²) in [6.07, 6.45) is -8.38. The molecule has 2 saturated heterocycles. The molecule has 0 unspecified atom stereocenters. The lowest BCUT2D eigenvalue weighted by Gasteiger charge is -2.41. The largest absolute Gasteiger partial charge is 0.491 e. The fraction of sp³-hybridized carbons (Fsp3) is 0.481. The summed E-state index contributed by atoms with van der Waals surface area (Å²) in [4.78, 5) is 52.1. The van der Waals surface area contributed by atoms with E-state index in [9.17, 15) is 53.5 Å². The van der Waals surface area contributed by atoms with Gasteiger partial charge in [0.15, 0.2) is 0 Å². The molecule has 78 heavy (non-hydrogen) atoms. The number of carboxylic acids is 2. The van der Waals surface area contributed by atoms with Crippen LogP contribution in [0.4, 0.5) is 53.5 Å². The van der Waals surface area contributed by atoms with Crippen LogP contribution in [0.2, 0.25) is 0 Å². The molecule has 2 aliphatic rings. The number of nitrogens with one attached hydrogen (secondary N) is 2. The topological polar surface area (TPSA) is 164 Å². The molecule has 2 heterocycles. The van der Waals surface area contributed by atoms with Crippen LogP contribution in [0.5, 0.6) is 11.5 Å². The number of halogens is 10. The second kappa shape index (κ2) is 30.4. The van der Waals surface area contributed by atoms with Gasteiger partial charge in [0, 0.05) is 61.5 Å². The Balaban J connectivity index is 0.000000329. The number of alkyl halides is 6. The zero-order chi connectivity index (χ0) is 58.7. The summed E-state index contributed by atoms with van der Waals surface area (Å²) in [6.45, 7) is 16.4. The lowest BCUT2D eigenvalue weighted by molar-refractivity contribution is -0.193. The number of benzene rings is 4. The molecule has 2 aliphatic heterocycles. The molecule has 0 aromatic heterocycles. The molecule has 0 radical (unpaired) electrons. The average molecular weight is 1120 g/mol. The molecule has 0 aliphatic carbocycles. The third-order valence-electron chi connectivity index (χ3n) is 12.1. The van der Waals surface area contributed by atoms with E-state index >= 15 is 0 Å². The predicted octanol–water partition coefficient (Wildman–Crippen LogP) is 10.9. The fourth-order valence-corrected chi connectivity index (χ4v) is 8.43. The van der Waals surface area contributed by atoms with E-state index in [2.05, 4.69) is 48.4 Å². The minimum atomic E-state index is -5.08. The van der Waals surface area contributed by atoms with Gasteiger partial charge in [-0.05, 0) is 127 Å². The van der Waals surface area contributed by atoms with Crippen molar-refractivity contribution < 1.29 is 82.8 Å². The van der Waals surface area contributed by atoms with Crippen LogP contribution in [-0.4, -0.2) is 131 Å². The predicted molar refractivity (Wildman–Crippen MR) is 270 cm³/mol. The minimum absolute atomic E-state index is 0.0301. The van der Waals surface area contributed by atoms with Crippen LogP contribution in [-0.2, 0) is 35.8 Å². The van der Waals surface area contributed by atoms with Crippen molar-refractivity contribution in [2.24, 2.45) is 11.8 Å². The number of aliphatic carboxylic acids is 2. The monoisotopic (exact) mass is 1120 g/mol. The summed E-state index contributed by atoms with van der Waals surface area (Å²) in [5, 5.41) is 20.2. The molecule has 0 saturated carbocycles. The highest BCUT2D eigenvalue weighted by atomic mass is 19.4. The van der Waals surface area contributed by atoms with Crippen molar-refractivity contribution in [3.05, 3.63) is 130 Å². The summed E-state index contributed by atoms with van der Waals surface area (Å²) in [6, 6.07) is 21.6. The number of ether oxygens (including phenoxy) is 2. The van der Waals surface area contributed by atoms with Gasteiger partial charge in [-0.1, -0.05) is 50.2 Å². The first-order chi connectivity index (χ1) is 36.3. The van der Waals surface area contributed by atoms with Crippen LogP contribution in [0.25, 0.3) is 0 Å². The Morgan fingerprint density at radius 3 is 1.14 bits per heavy atom. The second-order valence-corrected chi connectivity index (χ2v) is 19.5. The molecule has 4 aromatic rings. The van der Waals surface area contributed by atoms with Crippen molar-refractivity contribution in [2.75, 3.05) is 40.3 Å². The lowest BCUT2D eigenvalue weighted by atomic mass is 9.92. The number of urea groups is 2. The van der Waals surface area contributed by atoms with E-state index in [0.717, 1.165) is 73.8 Å². The van der Waals surface area contributed by atoms with Crippen molar-refractivity contribution in [1.29, 1.82) is 0 Å². The van der Waals surface area contributed by atoms with Gasteiger partial charge in [0.1, 0.15) is 34.8 Å². The summed E-state index contributed by atoms with van der Waals surface area (Å²) in [5.74, 6) is -6.01. The van der Waals surface area contributed by atoms with E-state index in [4.69, 9.17) is 29.3 Å². The van der Waals surface area contributed by atoms with Crippen molar-refractivity contribution in [2.45, 2.75) is 117 Å². The first kappa shape index (κ1) is 65.5. The SMILES string of the molecule is CC(C)Oc1ccc(CNC(=O)N(Cc2ccc(F)cc2F)[C@@H]2CCN(C)C[C@@H]2C)cc1.CC(C)Oc1ccc(CNC(=O)N(Cc2ccc(F)cc2F)[C@H]2CCN(C)C[C@H]2C)cc1.O=C(O)C(F)(F)F.O=C(O)C(F)(F)F. The van der Waals surface area contributed by atoms with Crippen molar-refractivity contribution >= 4 is 24.0 Å². The van der Waals surface area contributed by atoms with E-state index < -0.39 is 47.6 Å². The molecule has 4 atom stereocenters. The van der Waals surface area contributed by atoms with Gasteiger partial charge in [-0.25, -0.2) is 36.7 Å². The Morgan fingerprint density at radius 2 is 0.885 bits per heavy atom. The fourth-order valence-electron chi connectivity index (χ4n) is 8.43. The molecule has 4 aromatic carbocycles. The number of nitrogens with zero attached hydrogens (tertiary/aromatic N) is 4. The van der Waals surface area contributed by atoms with Crippen LogP contribution in [0.3, 0.4) is 0 Å². The molecule has 0 bridgehead atoms. The van der Waals surface area contributed by atoms with E-state index in [1.807, 2.05) is 76.2 Å². The molecule has 4 amide bonds. The van der Waals surface area contributed by atoms with Crippen LogP contribution in [0.15, 0.2) is 84.9 Å². The van der Waals surface area contributed by atoms with E-state index in [1.165, 1.54) is 24.3 Å². The summed E-state index contributed by atoms with van der Waals surface area (Å²) in [7, 11) is 4.12. The van der Waals surface area contributed by atoms with Gasteiger partial charge in [-0.15, -0.1) is 0 Å². The molecule has 14 nitrogen and oxygen atoms in total. The molecule has 432 valence electrons. The second-order valence-electron chi connectivity index (χ2n) is 19.5. The van der Waals surface area contributed by atoms with Gasteiger partial charge in [0.2, 0.25) is 0 Å². The van der Waals surface area contributed by atoms with Gasteiger partial charge in [-0.3, -0.25) is 0 Å². The average Bonchev–Trinajstić information content (AvgIpc) is 3.33. The van der Waals surface area contributed by atoms with Gasteiger partial charge < -0.3 is 49.9 Å². The third-order valence-corrected chi connectivity index (χ3v) is 12.1. The van der Waals surface area contributed by atoms with Crippen molar-refractivity contribution in [3.63, 3.8) is 0 Å². The Kier molecular flexibility index (Phi) is 25.5. The Bertz CT molecular complexity index is 2360. The third kappa shape index (κ3) is 22.6. The summed E-state index contributed by atoms with van der Waals surface area (Å²) >= 11 is 0. The van der Waals surface area contributed by atoms with Crippen LogP contribution in [0, 0.1) is 35.1 Å². The van der Waals surface area contributed by atoms with Gasteiger partial charge in [0.25, 0.3) is 0 Å². The zero-order valence-electron chi connectivity index (χ0n) is 44.5. The zero-order valence-corrected chi connectivity index (χ0v) is 44.5.